The highest BCUT2D eigenvalue weighted by atomic mass is 16.3. The van der Waals surface area contributed by atoms with Crippen LogP contribution in [0.4, 0.5) is 0 Å². The quantitative estimate of drug-likeness (QED) is 0.160. The average molecular weight is 795 g/mol. The SMILES string of the molecule is c1ccc(-c2ccc(-c3nc(-c4cc(-c5ccccc5)cc(-c5nc(-c6ccc(-c7ccccc7)cc6)c6oc7ccccc7c6n5)c4)nc4c3oc3ccccc34)cc2)cc1. The summed E-state index contributed by atoms with van der Waals surface area (Å²) >= 11 is 0. The van der Waals surface area contributed by atoms with Crippen molar-refractivity contribution in [1.29, 1.82) is 0 Å². The maximum absolute atomic E-state index is 6.53. The van der Waals surface area contributed by atoms with Crippen LogP contribution in [-0.4, -0.2) is 19.9 Å². The summed E-state index contributed by atoms with van der Waals surface area (Å²) in [5.74, 6) is 1.13. The molecule has 0 aliphatic rings. The third-order valence-electron chi connectivity index (χ3n) is 11.5. The summed E-state index contributed by atoms with van der Waals surface area (Å²) in [5, 5.41) is 1.85. The van der Waals surface area contributed by atoms with E-state index in [1.807, 2.05) is 54.6 Å². The number of fused-ring (bicyclic) bond motifs is 6. The molecule has 0 saturated heterocycles. The summed E-state index contributed by atoms with van der Waals surface area (Å²) in [5.41, 5.74) is 15.8. The number of hydrogen-bond donors (Lipinski definition) is 0. The van der Waals surface area contributed by atoms with Crippen LogP contribution in [0.1, 0.15) is 0 Å². The van der Waals surface area contributed by atoms with Crippen molar-refractivity contribution in [3.05, 3.63) is 206 Å². The van der Waals surface area contributed by atoms with E-state index in [1.54, 1.807) is 0 Å². The molecule has 4 heterocycles. The number of nitrogens with zero attached hydrogens (tertiary/aromatic N) is 4. The lowest BCUT2D eigenvalue weighted by molar-refractivity contribution is 0.667. The molecule has 62 heavy (non-hydrogen) atoms. The summed E-state index contributed by atoms with van der Waals surface area (Å²) in [7, 11) is 0. The molecule has 0 aliphatic heterocycles. The third kappa shape index (κ3) is 6.21. The topological polar surface area (TPSA) is 77.8 Å². The maximum atomic E-state index is 6.53. The van der Waals surface area contributed by atoms with E-state index >= 15 is 0 Å². The molecule has 6 nitrogen and oxygen atoms in total. The normalized spacial score (nSPS) is 11.5. The molecule has 0 amide bonds. The van der Waals surface area contributed by atoms with Gasteiger partial charge < -0.3 is 8.83 Å². The van der Waals surface area contributed by atoms with Crippen LogP contribution in [0.5, 0.6) is 0 Å². The zero-order chi connectivity index (χ0) is 41.0. The van der Waals surface area contributed by atoms with Crippen molar-refractivity contribution in [3.63, 3.8) is 0 Å². The second-order valence-electron chi connectivity index (χ2n) is 15.4. The van der Waals surface area contributed by atoms with E-state index in [9.17, 15) is 0 Å². The molecule has 0 fully saturated rings. The molecule has 0 aliphatic carbocycles. The first kappa shape index (κ1) is 35.5. The Hall–Kier alpha value is -8.48. The molecule has 0 saturated carbocycles. The Kier molecular flexibility index (Phi) is 8.38. The number of para-hydroxylation sites is 2. The Balaban J connectivity index is 1.07. The predicted octanol–water partition coefficient (Wildman–Crippen LogP) is 14.7. The van der Waals surface area contributed by atoms with Gasteiger partial charge in [0.15, 0.2) is 22.8 Å². The van der Waals surface area contributed by atoms with Crippen LogP contribution < -0.4 is 0 Å². The highest BCUT2D eigenvalue weighted by molar-refractivity contribution is 6.08. The minimum absolute atomic E-state index is 0.566. The van der Waals surface area contributed by atoms with Gasteiger partial charge in [-0.3, -0.25) is 0 Å². The van der Waals surface area contributed by atoms with Gasteiger partial charge in [0, 0.05) is 33.0 Å². The van der Waals surface area contributed by atoms with Crippen LogP contribution in [0, 0.1) is 0 Å². The molecular weight excluding hydrogens is 761 g/mol. The van der Waals surface area contributed by atoms with Gasteiger partial charge in [-0.15, -0.1) is 0 Å². The Bertz CT molecular complexity index is 3380. The zero-order valence-electron chi connectivity index (χ0n) is 33.2. The lowest BCUT2D eigenvalue weighted by Crippen LogP contribution is -1.97. The number of furan rings is 2. The van der Waals surface area contributed by atoms with Crippen LogP contribution in [0.15, 0.2) is 215 Å². The standard InChI is InChI=1S/C56H34N4O2/c1-4-14-35(15-5-1)38-24-28-40(29-25-38)49-53-51(45-20-10-12-22-47(45)61-53)59-55(57-49)43-32-42(37-18-8-3-9-19-37)33-44(34-43)56-58-50(54-52(60-56)46-21-11-13-23-48(46)62-54)41-30-26-39(27-31-41)36-16-6-2-7-17-36/h1-34H. The molecule has 0 bridgehead atoms. The van der Waals surface area contributed by atoms with Crippen molar-refractivity contribution in [2.45, 2.75) is 0 Å². The van der Waals surface area contributed by atoms with E-state index in [1.165, 1.54) is 0 Å². The van der Waals surface area contributed by atoms with Gasteiger partial charge in [-0.05, 0) is 75.8 Å². The zero-order valence-corrected chi connectivity index (χ0v) is 33.2. The molecule has 4 aromatic heterocycles. The van der Waals surface area contributed by atoms with Crippen molar-refractivity contribution < 1.29 is 8.83 Å². The summed E-state index contributed by atoms with van der Waals surface area (Å²) in [6.07, 6.45) is 0. The second-order valence-corrected chi connectivity index (χ2v) is 15.4. The number of benzene rings is 8. The molecule has 290 valence electrons. The van der Waals surface area contributed by atoms with Crippen LogP contribution >= 0.6 is 0 Å². The highest BCUT2D eigenvalue weighted by Crippen LogP contribution is 2.40. The summed E-state index contributed by atoms with van der Waals surface area (Å²) in [4.78, 5) is 21.2. The van der Waals surface area contributed by atoms with E-state index in [4.69, 9.17) is 28.8 Å². The fourth-order valence-corrected chi connectivity index (χ4v) is 8.42. The van der Waals surface area contributed by atoms with Crippen LogP contribution in [0.2, 0.25) is 0 Å². The van der Waals surface area contributed by atoms with Crippen molar-refractivity contribution in [1.82, 2.24) is 19.9 Å². The van der Waals surface area contributed by atoms with Crippen LogP contribution in [0.25, 0.3) is 123 Å². The van der Waals surface area contributed by atoms with Crippen molar-refractivity contribution in [2.75, 3.05) is 0 Å². The van der Waals surface area contributed by atoms with Crippen molar-refractivity contribution in [2.24, 2.45) is 0 Å². The number of aromatic nitrogens is 4. The van der Waals surface area contributed by atoms with Gasteiger partial charge in [-0.2, -0.15) is 0 Å². The molecule has 12 aromatic rings. The fraction of sp³-hybridized carbons (Fsp3) is 0. The van der Waals surface area contributed by atoms with Crippen molar-refractivity contribution >= 4 is 44.1 Å². The minimum Gasteiger partial charge on any atom is -0.452 e. The van der Waals surface area contributed by atoms with Crippen LogP contribution in [0.3, 0.4) is 0 Å². The first-order valence-corrected chi connectivity index (χ1v) is 20.6. The lowest BCUT2D eigenvalue weighted by atomic mass is 9.98. The van der Waals surface area contributed by atoms with Gasteiger partial charge in [-0.1, -0.05) is 164 Å². The third-order valence-corrected chi connectivity index (χ3v) is 11.5. The summed E-state index contributed by atoms with van der Waals surface area (Å²) in [6.45, 7) is 0. The first-order chi connectivity index (χ1) is 30.7. The second kappa shape index (κ2) is 14.7. The highest BCUT2D eigenvalue weighted by Gasteiger charge is 2.22. The molecule has 0 radical (unpaired) electrons. The average Bonchev–Trinajstić information content (AvgIpc) is 3.93. The predicted molar refractivity (Wildman–Crippen MR) is 250 cm³/mol. The van der Waals surface area contributed by atoms with Gasteiger partial charge in [0.2, 0.25) is 0 Å². The van der Waals surface area contributed by atoms with Gasteiger partial charge in [0.05, 0.1) is 0 Å². The molecule has 8 aromatic carbocycles. The molecule has 6 heteroatoms. The summed E-state index contributed by atoms with van der Waals surface area (Å²) < 4.78 is 13.1. The van der Waals surface area contributed by atoms with E-state index in [2.05, 4.69) is 152 Å². The van der Waals surface area contributed by atoms with E-state index in [-0.39, 0.29) is 0 Å². The first-order valence-electron chi connectivity index (χ1n) is 20.6. The monoisotopic (exact) mass is 794 g/mol. The molecule has 0 atom stereocenters. The minimum atomic E-state index is 0.566. The molecule has 0 unspecified atom stereocenters. The Morgan fingerprint density at radius 2 is 0.581 bits per heavy atom. The van der Waals surface area contributed by atoms with Gasteiger partial charge in [0.1, 0.15) is 33.6 Å². The molecular formula is C56H34N4O2. The molecule has 0 N–H and O–H groups in total. The molecule has 0 spiro atoms. The van der Waals surface area contributed by atoms with E-state index < -0.39 is 0 Å². The number of hydrogen-bond acceptors (Lipinski definition) is 6. The summed E-state index contributed by atoms with van der Waals surface area (Å²) in [6, 6.07) is 70.6. The van der Waals surface area contributed by atoms with E-state index in [0.717, 1.165) is 100.0 Å². The maximum Gasteiger partial charge on any atom is 0.180 e. The Morgan fingerprint density at radius 3 is 1.00 bits per heavy atom. The Morgan fingerprint density at radius 1 is 0.258 bits per heavy atom. The Labute approximate surface area is 356 Å². The van der Waals surface area contributed by atoms with Crippen molar-refractivity contribution in [3.8, 4) is 78.7 Å². The van der Waals surface area contributed by atoms with Gasteiger partial charge in [0.25, 0.3) is 0 Å². The van der Waals surface area contributed by atoms with Gasteiger partial charge in [-0.25, -0.2) is 19.9 Å². The number of rotatable bonds is 7. The van der Waals surface area contributed by atoms with E-state index in [0.29, 0.717) is 22.8 Å². The molecule has 12 rings (SSSR count). The largest absolute Gasteiger partial charge is 0.452 e. The smallest absolute Gasteiger partial charge is 0.180 e. The lowest BCUT2D eigenvalue weighted by Gasteiger charge is -2.12. The van der Waals surface area contributed by atoms with Gasteiger partial charge >= 0.3 is 0 Å². The van der Waals surface area contributed by atoms with Crippen LogP contribution in [-0.2, 0) is 0 Å². The fourth-order valence-electron chi connectivity index (χ4n) is 8.42.